The van der Waals surface area contributed by atoms with Crippen molar-refractivity contribution in [1.82, 2.24) is 5.43 Å². The minimum Gasteiger partial charge on any atom is -0.382 e. The van der Waals surface area contributed by atoms with Gasteiger partial charge in [0, 0.05) is 25.4 Å². The van der Waals surface area contributed by atoms with Crippen LogP contribution in [0.4, 0.5) is 10.1 Å². The lowest BCUT2D eigenvalue weighted by molar-refractivity contribution is 0.146. The Kier molecular flexibility index (Phi) is 6.84. The summed E-state index contributed by atoms with van der Waals surface area (Å²) in [5.41, 5.74) is 4.04. The molecule has 0 unspecified atom stereocenters. The first-order chi connectivity index (χ1) is 9.17. The number of ether oxygens (including phenoxy) is 1. The molecule has 0 radical (unpaired) electrons. The van der Waals surface area contributed by atoms with Gasteiger partial charge in [0.05, 0.1) is 0 Å². The van der Waals surface area contributed by atoms with Crippen LogP contribution in [0.15, 0.2) is 23.2 Å². The number of aliphatic imine (C=N–C) groups is 1. The molecule has 4 N–H and O–H groups in total. The predicted octanol–water partition coefficient (Wildman–Crippen LogP) is 1.79. The van der Waals surface area contributed by atoms with Gasteiger partial charge in [0.25, 0.3) is 0 Å². The molecule has 0 saturated heterocycles. The number of benzene rings is 1. The highest BCUT2D eigenvalue weighted by atomic mass is 19.1. The zero-order valence-corrected chi connectivity index (χ0v) is 11.4. The van der Waals surface area contributed by atoms with Gasteiger partial charge in [0.1, 0.15) is 5.82 Å². The summed E-state index contributed by atoms with van der Waals surface area (Å²) < 4.78 is 18.2. The summed E-state index contributed by atoms with van der Waals surface area (Å²) in [6.07, 6.45) is 0.823. The van der Waals surface area contributed by atoms with Crippen molar-refractivity contribution in [1.29, 1.82) is 0 Å². The molecule has 5 nitrogen and oxygen atoms in total. The van der Waals surface area contributed by atoms with Crippen LogP contribution in [0, 0.1) is 12.7 Å². The van der Waals surface area contributed by atoms with Gasteiger partial charge >= 0.3 is 0 Å². The smallest absolute Gasteiger partial charge is 0.210 e. The van der Waals surface area contributed by atoms with E-state index >= 15 is 0 Å². The highest BCUT2D eigenvalue weighted by molar-refractivity contribution is 5.93. The van der Waals surface area contributed by atoms with Gasteiger partial charge in [-0.2, -0.15) is 0 Å². The Morgan fingerprint density at radius 3 is 2.89 bits per heavy atom. The van der Waals surface area contributed by atoms with Gasteiger partial charge in [-0.25, -0.2) is 10.2 Å². The van der Waals surface area contributed by atoms with Crippen LogP contribution in [-0.2, 0) is 4.74 Å². The number of aryl methyl sites for hydroxylation is 1. The highest BCUT2D eigenvalue weighted by Crippen LogP contribution is 2.15. The molecule has 106 valence electrons. The Hall–Kier alpha value is -1.66. The van der Waals surface area contributed by atoms with Gasteiger partial charge in [-0.15, -0.1) is 0 Å². The molecule has 19 heavy (non-hydrogen) atoms. The maximum atomic E-state index is 13.0. The SMILES string of the molecule is CCOCCCN=C(NN)Nc1ccc(F)cc1C. The van der Waals surface area contributed by atoms with Crippen molar-refractivity contribution < 1.29 is 9.13 Å². The van der Waals surface area contributed by atoms with Crippen LogP contribution < -0.4 is 16.6 Å². The van der Waals surface area contributed by atoms with Gasteiger partial charge < -0.3 is 10.1 Å². The summed E-state index contributed by atoms with van der Waals surface area (Å²) in [6.45, 7) is 5.75. The van der Waals surface area contributed by atoms with Gasteiger partial charge in [-0.05, 0) is 44.0 Å². The molecule has 0 heterocycles. The summed E-state index contributed by atoms with van der Waals surface area (Å²) in [4.78, 5) is 4.27. The maximum Gasteiger partial charge on any atom is 0.210 e. The van der Waals surface area contributed by atoms with E-state index in [0.29, 0.717) is 25.7 Å². The fourth-order valence-electron chi connectivity index (χ4n) is 1.52. The quantitative estimate of drug-likeness (QED) is 0.242. The highest BCUT2D eigenvalue weighted by Gasteiger charge is 2.02. The number of guanidine groups is 1. The number of hydrazine groups is 1. The molecular formula is C13H21FN4O. The van der Waals surface area contributed by atoms with E-state index in [1.54, 1.807) is 6.07 Å². The number of halogens is 1. The van der Waals surface area contributed by atoms with Crippen molar-refractivity contribution in [2.75, 3.05) is 25.1 Å². The molecule has 6 heteroatoms. The van der Waals surface area contributed by atoms with Crippen LogP contribution in [0.1, 0.15) is 18.9 Å². The van der Waals surface area contributed by atoms with Crippen molar-refractivity contribution in [2.24, 2.45) is 10.8 Å². The van der Waals surface area contributed by atoms with Crippen LogP contribution in [0.5, 0.6) is 0 Å². The Labute approximate surface area is 113 Å². The Bertz CT molecular complexity index is 423. The molecule has 0 aromatic heterocycles. The molecule has 0 atom stereocenters. The van der Waals surface area contributed by atoms with E-state index in [4.69, 9.17) is 10.6 Å². The molecule has 0 amide bonds. The summed E-state index contributed by atoms with van der Waals surface area (Å²) in [5, 5.41) is 3.02. The zero-order chi connectivity index (χ0) is 14.1. The normalized spacial score (nSPS) is 11.5. The van der Waals surface area contributed by atoms with Crippen LogP contribution in [0.25, 0.3) is 0 Å². The van der Waals surface area contributed by atoms with E-state index in [1.807, 2.05) is 13.8 Å². The average molecular weight is 268 g/mol. The third-order valence-corrected chi connectivity index (χ3v) is 2.50. The van der Waals surface area contributed by atoms with E-state index in [2.05, 4.69) is 15.7 Å². The molecule has 1 aromatic carbocycles. The topological polar surface area (TPSA) is 71.7 Å². The van der Waals surface area contributed by atoms with E-state index in [1.165, 1.54) is 12.1 Å². The third-order valence-electron chi connectivity index (χ3n) is 2.50. The van der Waals surface area contributed by atoms with Crippen molar-refractivity contribution in [3.63, 3.8) is 0 Å². The van der Waals surface area contributed by atoms with Crippen molar-refractivity contribution in [3.05, 3.63) is 29.6 Å². The first-order valence-corrected chi connectivity index (χ1v) is 6.29. The molecule has 0 bridgehead atoms. The summed E-state index contributed by atoms with van der Waals surface area (Å²) >= 11 is 0. The van der Waals surface area contributed by atoms with E-state index < -0.39 is 0 Å². The van der Waals surface area contributed by atoms with E-state index in [-0.39, 0.29) is 5.82 Å². The second-order valence-electron chi connectivity index (χ2n) is 4.01. The molecule has 1 aromatic rings. The first kappa shape index (κ1) is 15.4. The van der Waals surface area contributed by atoms with Crippen molar-refractivity contribution >= 4 is 11.6 Å². The Morgan fingerprint density at radius 1 is 1.47 bits per heavy atom. The number of nitrogens with zero attached hydrogens (tertiary/aromatic N) is 1. The van der Waals surface area contributed by atoms with Crippen molar-refractivity contribution in [2.45, 2.75) is 20.3 Å². The number of anilines is 1. The number of rotatable bonds is 6. The number of hydrogen-bond acceptors (Lipinski definition) is 3. The van der Waals surface area contributed by atoms with Crippen LogP contribution >= 0.6 is 0 Å². The minimum atomic E-state index is -0.265. The summed E-state index contributed by atoms with van der Waals surface area (Å²) in [6, 6.07) is 4.49. The lowest BCUT2D eigenvalue weighted by Crippen LogP contribution is -2.36. The molecular weight excluding hydrogens is 247 g/mol. The molecule has 0 saturated carbocycles. The Morgan fingerprint density at radius 2 is 2.26 bits per heavy atom. The van der Waals surface area contributed by atoms with Crippen LogP contribution in [0.2, 0.25) is 0 Å². The molecule has 0 fully saturated rings. The van der Waals surface area contributed by atoms with Gasteiger partial charge in [0.15, 0.2) is 0 Å². The van der Waals surface area contributed by atoms with Crippen LogP contribution in [-0.4, -0.2) is 25.7 Å². The molecule has 0 aliphatic rings. The Balaban J connectivity index is 2.53. The van der Waals surface area contributed by atoms with Crippen molar-refractivity contribution in [3.8, 4) is 0 Å². The second kappa shape index (κ2) is 8.44. The van der Waals surface area contributed by atoms with Gasteiger partial charge in [-0.1, -0.05) is 0 Å². The number of nitrogens with two attached hydrogens (primary N) is 1. The van der Waals surface area contributed by atoms with Gasteiger partial charge in [-0.3, -0.25) is 10.4 Å². The molecule has 0 spiro atoms. The van der Waals surface area contributed by atoms with E-state index in [9.17, 15) is 4.39 Å². The van der Waals surface area contributed by atoms with Gasteiger partial charge in [0.2, 0.25) is 5.96 Å². The van der Waals surface area contributed by atoms with E-state index in [0.717, 1.165) is 17.7 Å². The average Bonchev–Trinajstić information content (AvgIpc) is 2.39. The lowest BCUT2D eigenvalue weighted by atomic mass is 10.2. The summed E-state index contributed by atoms with van der Waals surface area (Å²) in [5.74, 6) is 5.58. The number of hydrogen-bond donors (Lipinski definition) is 3. The molecule has 1 rings (SSSR count). The largest absolute Gasteiger partial charge is 0.382 e. The summed E-state index contributed by atoms with van der Waals surface area (Å²) in [7, 11) is 0. The fraction of sp³-hybridized carbons (Fsp3) is 0.462. The molecule has 0 aliphatic heterocycles. The number of nitrogens with one attached hydrogen (secondary N) is 2. The second-order valence-corrected chi connectivity index (χ2v) is 4.01. The zero-order valence-electron chi connectivity index (χ0n) is 11.4. The maximum absolute atomic E-state index is 13.0. The first-order valence-electron chi connectivity index (χ1n) is 6.29. The third kappa shape index (κ3) is 5.67. The monoisotopic (exact) mass is 268 g/mol. The minimum absolute atomic E-state index is 0.265. The lowest BCUT2D eigenvalue weighted by Gasteiger charge is -2.11. The molecule has 0 aliphatic carbocycles. The predicted molar refractivity (Wildman–Crippen MR) is 75.5 cm³/mol. The van der Waals surface area contributed by atoms with Crippen LogP contribution in [0.3, 0.4) is 0 Å². The standard InChI is InChI=1S/C13H21FN4O/c1-3-19-8-4-7-16-13(18-15)17-12-6-5-11(14)9-10(12)2/h5-6,9H,3-4,7-8,15H2,1-2H3,(H2,16,17,18). The fourth-order valence-corrected chi connectivity index (χ4v) is 1.52.